The van der Waals surface area contributed by atoms with E-state index in [2.05, 4.69) is 29.9 Å². The van der Waals surface area contributed by atoms with Crippen LogP contribution in [0.4, 0.5) is 11.8 Å². The summed E-state index contributed by atoms with van der Waals surface area (Å²) in [5.41, 5.74) is 10.5. The predicted molar refractivity (Wildman–Crippen MR) is 151 cm³/mol. The molecule has 19 nitrogen and oxygen atoms in total. The zero-order valence-electron chi connectivity index (χ0n) is 22.7. The molecule has 0 saturated carbocycles. The number of ether oxygens (including phenoxy) is 3. The number of fused-ring (bicyclic) bond motifs is 2. The van der Waals surface area contributed by atoms with E-state index < -0.39 is 61.4 Å². The second-order valence-electron chi connectivity index (χ2n) is 10.3. The molecule has 43 heavy (non-hydrogen) atoms. The van der Waals surface area contributed by atoms with Crippen LogP contribution in [0.15, 0.2) is 23.8 Å². The minimum atomic E-state index is -4.04. The first-order valence-electron chi connectivity index (χ1n) is 12.9. The molecular weight excluding hydrogens is 611 g/mol. The zero-order chi connectivity index (χ0) is 30.7. The van der Waals surface area contributed by atoms with Crippen molar-refractivity contribution in [1.82, 2.24) is 39.0 Å². The van der Waals surface area contributed by atoms with E-state index in [4.69, 9.17) is 46.5 Å². The largest absolute Gasteiger partial charge is 0.394 e. The van der Waals surface area contributed by atoms with Gasteiger partial charge in [0.1, 0.15) is 35.8 Å². The van der Waals surface area contributed by atoms with E-state index in [1.807, 2.05) is 0 Å². The van der Waals surface area contributed by atoms with Crippen molar-refractivity contribution >= 4 is 52.6 Å². The van der Waals surface area contributed by atoms with Crippen LogP contribution in [0.25, 0.3) is 22.3 Å². The number of H-pyrrole nitrogens is 1. The molecule has 232 valence electrons. The number of nitrogens with two attached hydrogens (primary N) is 2. The Bertz CT molecular complexity index is 1770. The Morgan fingerprint density at radius 1 is 1.19 bits per heavy atom. The minimum Gasteiger partial charge on any atom is -0.394 e. The van der Waals surface area contributed by atoms with Gasteiger partial charge in [0.2, 0.25) is 5.95 Å². The molecule has 2 aliphatic heterocycles. The van der Waals surface area contributed by atoms with Crippen LogP contribution in [0.2, 0.25) is 0 Å². The first kappa shape index (κ1) is 29.9. The summed E-state index contributed by atoms with van der Waals surface area (Å²) >= 11 is 5.32. The van der Waals surface area contributed by atoms with Crippen LogP contribution in [0.3, 0.4) is 0 Å². The van der Waals surface area contributed by atoms with Crippen molar-refractivity contribution in [3.8, 4) is 0 Å². The summed E-state index contributed by atoms with van der Waals surface area (Å²) in [7, 11) is 1.41. The summed E-state index contributed by atoms with van der Waals surface area (Å²) in [5.74, 6) is 0.0347. The van der Waals surface area contributed by atoms with Crippen molar-refractivity contribution in [2.75, 3.05) is 31.8 Å². The number of hydrogen-bond donors (Lipinski definition) is 6. The third-order valence-electron chi connectivity index (χ3n) is 7.40. The van der Waals surface area contributed by atoms with Crippen molar-refractivity contribution < 1.29 is 38.4 Å². The standard InChI is InChI=1S/C22H29N10O9PS/c1-22(14(34)13(37-2)20(40-22)31-7-27-11-15(23)25-6-26-16(11)31)5-38-42(36,43)41-10-3-9(4-33)39-19(10)32-8-28-12-17(32)29-21(24)30-18(12)35/h6-10,13-14,19-20,33-34H,3-5H2,1-2H3,(H,36,43)(H2,23,25,26)(H3,24,29,30,35)/t9?,10-,13-,14+,19-,20-,22?,42?/m1/s1. The molecular formula is C22H29N10O9PS. The first-order valence-corrected chi connectivity index (χ1v) is 15.5. The van der Waals surface area contributed by atoms with Crippen LogP contribution in [0, 0.1) is 0 Å². The highest BCUT2D eigenvalue weighted by Gasteiger charge is 2.54. The maximum absolute atomic E-state index is 12.3. The number of nitrogens with one attached hydrogen (secondary N) is 1. The number of rotatable bonds is 9. The van der Waals surface area contributed by atoms with Crippen molar-refractivity contribution in [3.63, 3.8) is 0 Å². The topological polar surface area (TPSA) is 266 Å². The average Bonchev–Trinajstić information content (AvgIpc) is 3.72. The van der Waals surface area contributed by atoms with Gasteiger partial charge in [-0.25, -0.2) is 19.9 Å². The summed E-state index contributed by atoms with van der Waals surface area (Å²) in [6, 6.07) is 0. The molecule has 0 amide bonds. The van der Waals surface area contributed by atoms with Gasteiger partial charge in [0.05, 0.1) is 32.0 Å². The average molecular weight is 641 g/mol. The van der Waals surface area contributed by atoms with Gasteiger partial charge >= 0.3 is 6.72 Å². The Balaban J connectivity index is 1.21. The highest BCUT2D eigenvalue weighted by molar-refractivity contribution is 8.07. The lowest BCUT2D eigenvalue weighted by molar-refractivity contribution is -0.114. The van der Waals surface area contributed by atoms with Gasteiger partial charge in [0.25, 0.3) is 5.56 Å². The fourth-order valence-electron chi connectivity index (χ4n) is 5.27. The van der Waals surface area contributed by atoms with Crippen LogP contribution >= 0.6 is 6.72 Å². The number of hydrogen-bond acceptors (Lipinski definition) is 16. The van der Waals surface area contributed by atoms with E-state index in [1.54, 1.807) is 11.5 Å². The highest BCUT2D eigenvalue weighted by atomic mass is 32.5. The minimum absolute atomic E-state index is 0.00560. The number of methoxy groups -OCH3 is 1. The molecule has 3 unspecified atom stereocenters. The first-order chi connectivity index (χ1) is 20.4. The third-order valence-corrected chi connectivity index (χ3v) is 8.96. The van der Waals surface area contributed by atoms with Crippen molar-refractivity contribution in [2.24, 2.45) is 0 Å². The molecule has 0 radical (unpaired) electrons. The smallest absolute Gasteiger partial charge is 0.325 e. The van der Waals surface area contributed by atoms with Crippen molar-refractivity contribution in [1.29, 1.82) is 0 Å². The van der Waals surface area contributed by atoms with Gasteiger partial charge in [-0.1, -0.05) is 0 Å². The summed E-state index contributed by atoms with van der Waals surface area (Å²) in [6.07, 6.45) is -1.53. The Morgan fingerprint density at radius 2 is 1.91 bits per heavy atom. The summed E-state index contributed by atoms with van der Waals surface area (Å²) < 4.78 is 32.2. The van der Waals surface area contributed by atoms with E-state index in [-0.39, 0.29) is 36.0 Å². The Morgan fingerprint density at radius 3 is 2.63 bits per heavy atom. The predicted octanol–water partition coefficient (Wildman–Crippen LogP) is -1.31. The lowest BCUT2D eigenvalue weighted by atomic mass is 9.98. The van der Waals surface area contributed by atoms with Crippen LogP contribution < -0.4 is 17.0 Å². The fraction of sp³-hybridized carbons (Fsp3) is 0.545. The van der Waals surface area contributed by atoms with Crippen LogP contribution in [0.1, 0.15) is 25.8 Å². The quantitative estimate of drug-likeness (QED) is 0.116. The summed E-state index contributed by atoms with van der Waals surface area (Å²) in [6.45, 7) is -3.22. The SMILES string of the molecule is CO[C@H]1[C@H](n2cnc3c(N)ncnc32)OC(C)(COP(O)(=S)O[C@@H]2CC(CO)O[C@H]2n2cnc3c(=O)[nH]c(N)nc32)[C@H]1O. The number of aromatic nitrogens is 8. The number of anilines is 2. The molecule has 2 fully saturated rings. The molecule has 0 aliphatic carbocycles. The van der Waals surface area contributed by atoms with E-state index in [0.717, 1.165) is 0 Å². The van der Waals surface area contributed by atoms with Gasteiger partial charge in [-0.2, -0.15) is 4.98 Å². The van der Waals surface area contributed by atoms with Crippen LogP contribution in [0.5, 0.6) is 0 Å². The molecule has 21 heteroatoms. The highest BCUT2D eigenvalue weighted by Crippen LogP contribution is 2.51. The number of nitrogen functional groups attached to an aromatic ring is 2. The second-order valence-corrected chi connectivity index (χ2v) is 13.1. The van der Waals surface area contributed by atoms with Gasteiger partial charge in [0.15, 0.2) is 35.1 Å². The van der Waals surface area contributed by atoms with Crippen LogP contribution in [-0.4, -0.2) is 104 Å². The van der Waals surface area contributed by atoms with Gasteiger partial charge < -0.3 is 49.8 Å². The number of imidazole rings is 2. The molecule has 0 bridgehead atoms. The fourth-order valence-corrected chi connectivity index (χ4v) is 6.77. The molecule has 6 heterocycles. The Kier molecular flexibility index (Phi) is 7.70. The van der Waals surface area contributed by atoms with E-state index in [9.17, 15) is 19.9 Å². The van der Waals surface area contributed by atoms with Gasteiger partial charge in [-0.05, 0) is 18.7 Å². The normalized spacial score (nSPS) is 30.8. The molecule has 8 atom stereocenters. The summed E-state index contributed by atoms with van der Waals surface area (Å²) in [5, 5.41) is 21.0. The van der Waals surface area contributed by atoms with Crippen LogP contribution in [-0.2, 0) is 35.1 Å². The van der Waals surface area contributed by atoms with Crippen molar-refractivity contribution in [3.05, 3.63) is 29.3 Å². The monoisotopic (exact) mass is 640 g/mol. The molecule has 0 spiro atoms. The molecule has 4 aromatic heterocycles. The summed E-state index contributed by atoms with van der Waals surface area (Å²) in [4.78, 5) is 46.3. The lowest BCUT2D eigenvalue weighted by Gasteiger charge is -2.30. The maximum atomic E-state index is 12.3. The van der Waals surface area contributed by atoms with Gasteiger partial charge in [-0.3, -0.25) is 18.9 Å². The molecule has 6 rings (SSSR count). The molecule has 2 saturated heterocycles. The van der Waals surface area contributed by atoms with Gasteiger partial charge in [0, 0.05) is 13.5 Å². The molecule has 8 N–H and O–H groups in total. The Hall–Kier alpha value is -3.17. The maximum Gasteiger partial charge on any atom is 0.325 e. The number of aromatic amines is 1. The van der Waals surface area contributed by atoms with E-state index in [0.29, 0.717) is 11.2 Å². The third kappa shape index (κ3) is 5.29. The van der Waals surface area contributed by atoms with Gasteiger partial charge in [-0.15, -0.1) is 0 Å². The van der Waals surface area contributed by atoms with E-state index in [1.165, 1.54) is 30.7 Å². The Labute approximate surface area is 247 Å². The molecule has 2 aliphatic rings. The molecule has 4 aromatic rings. The van der Waals surface area contributed by atoms with Crippen molar-refractivity contribution in [2.45, 2.75) is 55.8 Å². The number of nitrogens with zero attached hydrogens (tertiary/aromatic N) is 7. The van der Waals surface area contributed by atoms with E-state index >= 15 is 0 Å². The molecule has 0 aromatic carbocycles. The number of aliphatic hydroxyl groups is 2. The lowest BCUT2D eigenvalue weighted by Crippen LogP contribution is -2.44. The zero-order valence-corrected chi connectivity index (χ0v) is 24.5. The number of aliphatic hydroxyl groups excluding tert-OH is 2. The second kappa shape index (κ2) is 11.1.